The highest BCUT2D eigenvalue weighted by molar-refractivity contribution is 14.1. The summed E-state index contributed by atoms with van der Waals surface area (Å²) in [7, 11) is 0. The van der Waals surface area contributed by atoms with E-state index in [2.05, 4.69) is 4.98 Å². The molecule has 4 nitrogen and oxygen atoms in total. The minimum Gasteiger partial charge on any atom is -0.477 e. The van der Waals surface area contributed by atoms with Crippen LogP contribution < -0.4 is 5.73 Å². The maximum atomic E-state index is 13.5. The van der Waals surface area contributed by atoms with Crippen LogP contribution in [0.15, 0.2) is 24.4 Å². The van der Waals surface area contributed by atoms with Crippen LogP contribution in [0.1, 0.15) is 21.6 Å². The Kier molecular flexibility index (Phi) is 4.44. The SMILES string of the molecule is Nc1c(Cl)cnc(C(=O)O)c1Cc1cccc(F)c1I. The zero-order chi connectivity index (χ0) is 14.9. The van der Waals surface area contributed by atoms with E-state index in [4.69, 9.17) is 22.4 Å². The monoisotopic (exact) mass is 406 g/mol. The number of carboxylic acid groups (broad SMARTS) is 1. The van der Waals surface area contributed by atoms with Crippen molar-refractivity contribution < 1.29 is 14.3 Å². The van der Waals surface area contributed by atoms with Crippen molar-refractivity contribution in [2.75, 3.05) is 5.73 Å². The fraction of sp³-hybridized carbons (Fsp3) is 0.0769. The molecule has 7 heteroatoms. The standard InChI is InChI=1S/C13H9ClFIN2O2/c14-8-5-18-12(13(19)20)7(11(8)17)4-6-2-1-3-9(15)10(6)16/h1-3,5H,4H2,(H2,17,18)(H,19,20). The minimum atomic E-state index is -1.20. The van der Waals surface area contributed by atoms with Gasteiger partial charge in [0.1, 0.15) is 5.82 Å². The van der Waals surface area contributed by atoms with Crippen LogP contribution in [0, 0.1) is 9.39 Å². The number of aromatic carboxylic acids is 1. The minimum absolute atomic E-state index is 0.150. The molecule has 3 N–H and O–H groups in total. The van der Waals surface area contributed by atoms with E-state index in [1.807, 2.05) is 22.6 Å². The van der Waals surface area contributed by atoms with Gasteiger partial charge >= 0.3 is 5.97 Å². The van der Waals surface area contributed by atoms with E-state index < -0.39 is 5.97 Å². The van der Waals surface area contributed by atoms with Gasteiger partial charge in [0.15, 0.2) is 5.69 Å². The first-order chi connectivity index (χ1) is 9.41. The third-order valence-electron chi connectivity index (χ3n) is 2.78. The van der Waals surface area contributed by atoms with Crippen molar-refractivity contribution in [1.82, 2.24) is 4.98 Å². The van der Waals surface area contributed by atoms with Gasteiger partial charge < -0.3 is 10.8 Å². The predicted octanol–water partition coefficient (Wildman–Crippen LogP) is 3.35. The zero-order valence-electron chi connectivity index (χ0n) is 10.0. The normalized spacial score (nSPS) is 10.6. The molecule has 1 aromatic heterocycles. The number of hydrogen-bond donors (Lipinski definition) is 2. The van der Waals surface area contributed by atoms with Crippen molar-refractivity contribution in [2.24, 2.45) is 0 Å². The van der Waals surface area contributed by atoms with Gasteiger partial charge in [0.25, 0.3) is 0 Å². The number of carbonyl (C=O) groups is 1. The summed E-state index contributed by atoms with van der Waals surface area (Å²) in [5.41, 5.74) is 6.72. The van der Waals surface area contributed by atoms with Gasteiger partial charge in [0.2, 0.25) is 0 Å². The third kappa shape index (κ3) is 2.85. The van der Waals surface area contributed by atoms with Crippen LogP contribution >= 0.6 is 34.2 Å². The highest BCUT2D eigenvalue weighted by atomic mass is 127. The van der Waals surface area contributed by atoms with E-state index in [1.165, 1.54) is 12.3 Å². The first-order valence-corrected chi connectivity index (χ1v) is 6.96. The summed E-state index contributed by atoms with van der Waals surface area (Å²) in [5.74, 6) is -1.57. The number of pyridine rings is 1. The number of halogens is 3. The average Bonchev–Trinajstić information content (AvgIpc) is 2.40. The Hall–Kier alpha value is -1.41. The number of nitrogens with zero attached hydrogens (tertiary/aromatic N) is 1. The van der Waals surface area contributed by atoms with Crippen LogP contribution in [0.2, 0.25) is 5.02 Å². The number of anilines is 1. The topological polar surface area (TPSA) is 76.2 Å². The molecule has 0 spiro atoms. The first-order valence-electron chi connectivity index (χ1n) is 5.50. The summed E-state index contributed by atoms with van der Waals surface area (Å²) in [5, 5.41) is 9.32. The molecule has 1 heterocycles. The highest BCUT2D eigenvalue weighted by Crippen LogP contribution is 2.28. The van der Waals surface area contributed by atoms with E-state index >= 15 is 0 Å². The van der Waals surface area contributed by atoms with E-state index in [0.29, 0.717) is 9.13 Å². The summed E-state index contributed by atoms with van der Waals surface area (Å²) in [6, 6.07) is 4.60. The summed E-state index contributed by atoms with van der Waals surface area (Å²) in [4.78, 5) is 15.0. The molecule has 104 valence electrons. The van der Waals surface area contributed by atoms with Gasteiger partial charge in [-0.15, -0.1) is 0 Å². The van der Waals surface area contributed by atoms with Crippen LogP contribution in [0.3, 0.4) is 0 Å². The lowest BCUT2D eigenvalue weighted by Gasteiger charge is -2.11. The molecule has 0 amide bonds. The second kappa shape index (κ2) is 5.92. The van der Waals surface area contributed by atoms with Crippen LogP contribution in [0.25, 0.3) is 0 Å². The lowest BCUT2D eigenvalue weighted by atomic mass is 10.0. The van der Waals surface area contributed by atoms with Gasteiger partial charge in [0.05, 0.1) is 14.3 Å². The molecule has 2 aromatic rings. The van der Waals surface area contributed by atoms with Gasteiger partial charge in [-0.3, -0.25) is 0 Å². The molecule has 0 bridgehead atoms. The molecule has 0 aliphatic heterocycles. The maximum absolute atomic E-state index is 13.5. The van der Waals surface area contributed by atoms with Crippen molar-refractivity contribution >= 4 is 45.8 Å². The molecule has 0 radical (unpaired) electrons. The van der Waals surface area contributed by atoms with E-state index in [1.54, 1.807) is 12.1 Å². The van der Waals surface area contributed by atoms with Gasteiger partial charge in [-0.1, -0.05) is 23.7 Å². The van der Waals surface area contributed by atoms with Crippen LogP contribution in [0.5, 0.6) is 0 Å². The predicted molar refractivity (Wildman–Crippen MR) is 82.5 cm³/mol. The molecule has 2 rings (SSSR count). The Morgan fingerprint density at radius 3 is 2.85 bits per heavy atom. The Morgan fingerprint density at radius 2 is 2.20 bits per heavy atom. The van der Waals surface area contributed by atoms with Crippen LogP contribution in [-0.2, 0) is 6.42 Å². The van der Waals surface area contributed by atoms with Gasteiger partial charge in [-0.25, -0.2) is 14.2 Å². The molecular formula is C13H9ClFIN2O2. The average molecular weight is 407 g/mol. The summed E-state index contributed by atoms with van der Waals surface area (Å²) in [6.07, 6.45) is 1.34. The van der Waals surface area contributed by atoms with E-state index in [-0.39, 0.29) is 34.2 Å². The third-order valence-corrected chi connectivity index (χ3v) is 4.29. The largest absolute Gasteiger partial charge is 0.477 e. The molecular weight excluding hydrogens is 398 g/mol. The molecule has 0 aliphatic carbocycles. The van der Waals surface area contributed by atoms with Gasteiger partial charge in [-0.2, -0.15) is 0 Å². The number of nitrogen functional groups attached to an aromatic ring is 1. The zero-order valence-corrected chi connectivity index (χ0v) is 12.9. The maximum Gasteiger partial charge on any atom is 0.354 e. The van der Waals surface area contributed by atoms with Crippen LogP contribution in [0.4, 0.5) is 10.1 Å². The lowest BCUT2D eigenvalue weighted by molar-refractivity contribution is 0.0689. The number of hydrogen-bond acceptors (Lipinski definition) is 3. The highest BCUT2D eigenvalue weighted by Gasteiger charge is 2.18. The first kappa shape index (κ1) is 15.0. The van der Waals surface area contributed by atoms with Crippen molar-refractivity contribution in [3.8, 4) is 0 Å². The summed E-state index contributed by atoms with van der Waals surface area (Å²) < 4.78 is 13.9. The van der Waals surface area contributed by atoms with E-state index in [0.717, 1.165) is 0 Å². The number of carboxylic acids is 1. The second-order valence-corrected chi connectivity index (χ2v) is 5.53. The fourth-order valence-corrected chi connectivity index (χ4v) is 2.49. The van der Waals surface area contributed by atoms with Crippen molar-refractivity contribution in [2.45, 2.75) is 6.42 Å². The summed E-state index contributed by atoms with van der Waals surface area (Å²) in [6.45, 7) is 0. The number of nitrogens with two attached hydrogens (primary N) is 1. The molecule has 0 saturated heterocycles. The van der Waals surface area contributed by atoms with Gasteiger partial charge in [-0.05, 0) is 34.2 Å². The Labute approximate surface area is 132 Å². The molecule has 20 heavy (non-hydrogen) atoms. The van der Waals surface area contributed by atoms with Crippen molar-refractivity contribution in [3.63, 3.8) is 0 Å². The number of benzene rings is 1. The van der Waals surface area contributed by atoms with Gasteiger partial charge in [0, 0.05) is 18.2 Å². The van der Waals surface area contributed by atoms with Crippen LogP contribution in [-0.4, -0.2) is 16.1 Å². The quantitative estimate of drug-likeness (QED) is 0.767. The number of rotatable bonds is 3. The molecule has 1 aromatic carbocycles. The Balaban J connectivity index is 2.55. The Bertz CT molecular complexity index is 694. The van der Waals surface area contributed by atoms with E-state index in [9.17, 15) is 9.18 Å². The fourth-order valence-electron chi connectivity index (χ4n) is 1.78. The lowest BCUT2D eigenvalue weighted by Crippen LogP contribution is -2.10. The Morgan fingerprint density at radius 1 is 1.50 bits per heavy atom. The summed E-state index contributed by atoms with van der Waals surface area (Å²) >= 11 is 7.74. The van der Waals surface area contributed by atoms with Crippen molar-refractivity contribution in [1.29, 1.82) is 0 Å². The molecule has 0 atom stereocenters. The second-order valence-electron chi connectivity index (χ2n) is 4.04. The number of aromatic nitrogens is 1. The molecule has 0 saturated carbocycles. The molecule has 0 unspecified atom stereocenters. The smallest absolute Gasteiger partial charge is 0.354 e. The van der Waals surface area contributed by atoms with Crippen molar-refractivity contribution in [3.05, 3.63) is 55.6 Å². The molecule has 0 fully saturated rings. The molecule has 0 aliphatic rings.